The number of rotatable bonds is 6. The van der Waals surface area contributed by atoms with Crippen molar-refractivity contribution in [1.82, 2.24) is 9.47 Å². The monoisotopic (exact) mass is 308 g/mol. The summed E-state index contributed by atoms with van der Waals surface area (Å²) in [6.45, 7) is 4.73. The molecule has 0 saturated carbocycles. The number of unbranched alkanes of at least 4 members (excludes halogenated alkanes) is 1. The largest absolute Gasteiger partial charge is 0.503 e. The smallest absolute Gasteiger partial charge is 0.307 e. The summed E-state index contributed by atoms with van der Waals surface area (Å²) in [5.41, 5.74) is 0.455. The van der Waals surface area contributed by atoms with Crippen molar-refractivity contribution in [3.63, 3.8) is 0 Å². The summed E-state index contributed by atoms with van der Waals surface area (Å²) in [6, 6.07) is 1.47. The van der Waals surface area contributed by atoms with E-state index in [4.69, 9.17) is 5.11 Å². The minimum Gasteiger partial charge on any atom is -0.503 e. The molecule has 0 aliphatic carbocycles. The van der Waals surface area contributed by atoms with E-state index in [9.17, 15) is 14.7 Å². The van der Waals surface area contributed by atoms with E-state index in [0.717, 1.165) is 38.0 Å². The van der Waals surface area contributed by atoms with Crippen molar-refractivity contribution >= 4 is 5.97 Å². The average Bonchev–Trinajstić information content (AvgIpc) is 2.49. The topological polar surface area (TPSA) is 82.8 Å². The van der Waals surface area contributed by atoms with Gasteiger partial charge in [0.1, 0.15) is 0 Å². The van der Waals surface area contributed by atoms with Crippen LogP contribution in [0, 0.1) is 5.92 Å². The van der Waals surface area contributed by atoms with Gasteiger partial charge in [0.15, 0.2) is 5.75 Å². The molecule has 0 bridgehead atoms. The molecule has 1 aromatic rings. The van der Waals surface area contributed by atoms with Crippen molar-refractivity contribution in [2.45, 2.75) is 45.7 Å². The second kappa shape index (κ2) is 7.45. The molecule has 1 aliphatic heterocycles. The van der Waals surface area contributed by atoms with Gasteiger partial charge in [-0.05, 0) is 25.8 Å². The lowest BCUT2D eigenvalue weighted by Crippen LogP contribution is -2.39. The number of carboxylic acid groups (broad SMARTS) is 1. The number of piperidine rings is 1. The Kier molecular flexibility index (Phi) is 5.60. The third kappa shape index (κ3) is 4.10. The van der Waals surface area contributed by atoms with Crippen LogP contribution in [0.25, 0.3) is 0 Å². The number of aromatic nitrogens is 1. The Balaban J connectivity index is 2.15. The van der Waals surface area contributed by atoms with Gasteiger partial charge in [-0.3, -0.25) is 14.5 Å². The minimum atomic E-state index is -0.751. The van der Waals surface area contributed by atoms with Crippen molar-refractivity contribution in [3.8, 4) is 5.75 Å². The number of likely N-dealkylation sites (tertiary alicyclic amines) is 1. The Bertz CT molecular complexity index is 582. The lowest BCUT2D eigenvalue weighted by molar-refractivity contribution is -0.143. The molecule has 2 heterocycles. The molecule has 2 rings (SSSR count). The predicted molar refractivity (Wildman–Crippen MR) is 82.9 cm³/mol. The first-order chi connectivity index (χ1) is 10.5. The zero-order chi connectivity index (χ0) is 16.1. The van der Waals surface area contributed by atoms with E-state index < -0.39 is 5.97 Å². The number of hydrogen-bond donors (Lipinski definition) is 2. The molecule has 1 aliphatic rings. The van der Waals surface area contributed by atoms with Gasteiger partial charge < -0.3 is 14.8 Å². The van der Waals surface area contributed by atoms with Crippen molar-refractivity contribution in [2.75, 3.05) is 13.1 Å². The van der Waals surface area contributed by atoms with Gasteiger partial charge in [-0.1, -0.05) is 13.3 Å². The lowest BCUT2D eigenvalue weighted by Gasteiger charge is -2.31. The van der Waals surface area contributed by atoms with Crippen LogP contribution in [0.1, 0.15) is 38.3 Å². The quantitative estimate of drug-likeness (QED) is 0.835. The molecule has 6 heteroatoms. The highest BCUT2D eigenvalue weighted by Gasteiger charge is 2.25. The molecule has 0 spiro atoms. The number of nitrogens with zero attached hydrogens (tertiary/aromatic N) is 2. The number of aromatic hydroxyl groups is 1. The Morgan fingerprint density at radius 2 is 2.23 bits per heavy atom. The highest BCUT2D eigenvalue weighted by atomic mass is 16.4. The summed E-state index contributed by atoms with van der Waals surface area (Å²) in [4.78, 5) is 24.9. The first-order valence-corrected chi connectivity index (χ1v) is 7.88. The summed E-state index contributed by atoms with van der Waals surface area (Å²) in [7, 11) is 0. The molecule has 1 unspecified atom stereocenters. The Morgan fingerprint density at radius 3 is 2.91 bits per heavy atom. The highest BCUT2D eigenvalue weighted by Crippen LogP contribution is 2.19. The van der Waals surface area contributed by atoms with E-state index in [0.29, 0.717) is 19.5 Å². The molecule has 1 saturated heterocycles. The van der Waals surface area contributed by atoms with E-state index in [1.165, 1.54) is 12.3 Å². The number of aliphatic carboxylic acids is 1. The zero-order valence-electron chi connectivity index (χ0n) is 13.0. The molecular formula is C16H24N2O4. The number of hydrogen-bond acceptors (Lipinski definition) is 4. The van der Waals surface area contributed by atoms with Gasteiger partial charge in [0.05, 0.1) is 12.1 Å². The van der Waals surface area contributed by atoms with E-state index in [1.807, 2.05) is 4.57 Å². The van der Waals surface area contributed by atoms with Gasteiger partial charge in [0.2, 0.25) is 5.43 Å². The predicted octanol–water partition coefficient (Wildman–Crippen LogP) is 1.65. The fourth-order valence-corrected chi connectivity index (χ4v) is 2.91. The SMILES string of the molecule is CCCCn1cc(O)c(=O)cc1CN1CCCC(C(=O)O)C1. The van der Waals surface area contributed by atoms with Crippen molar-refractivity contribution in [3.05, 3.63) is 28.2 Å². The zero-order valence-corrected chi connectivity index (χ0v) is 13.0. The van der Waals surface area contributed by atoms with Gasteiger partial charge in [-0.15, -0.1) is 0 Å². The minimum absolute atomic E-state index is 0.234. The van der Waals surface area contributed by atoms with Crippen LogP contribution in [0.15, 0.2) is 17.1 Å². The first-order valence-electron chi connectivity index (χ1n) is 7.88. The lowest BCUT2D eigenvalue weighted by atomic mass is 9.98. The van der Waals surface area contributed by atoms with Crippen LogP contribution in [-0.2, 0) is 17.9 Å². The molecule has 22 heavy (non-hydrogen) atoms. The van der Waals surface area contributed by atoms with Crippen molar-refractivity contribution < 1.29 is 15.0 Å². The van der Waals surface area contributed by atoms with Gasteiger partial charge in [-0.2, -0.15) is 0 Å². The third-order valence-electron chi connectivity index (χ3n) is 4.19. The van der Waals surface area contributed by atoms with Crippen LogP contribution >= 0.6 is 0 Å². The first kappa shape index (κ1) is 16.5. The number of carbonyl (C=O) groups is 1. The summed E-state index contributed by atoms with van der Waals surface area (Å²) >= 11 is 0. The fraction of sp³-hybridized carbons (Fsp3) is 0.625. The van der Waals surface area contributed by atoms with Gasteiger partial charge in [0, 0.05) is 31.4 Å². The molecule has 1 atom stereocenters. The van der Waals surface area contributed by atoms with Crippen molar-refractivity contribution in [1.29, 1.82) is 0 Å². The van der Waals surface area contributed by atoms with E-state index >= 15 is 0 Å². The van der Waals surface area contributed by atoms with Crippen LogP contribution in [0.4, 0.5) is 0 Å². The second-order valence-corrected chi connectivity index (χ2v) is 5.97. The summed E-state index contributed by atoms with van der Waals surface area (Å²) in [5, 5.41) is 18.8. The van der Waals surface area contributed by atoms with Crippen LogP contribution in [-0.4, -0.2) is 38.7 Å². The molecule has 2 N–H and O–H groups in total. The molecule has 1 aromatic heterocycles. The van der Waals surface area contributed by atoms with Gasteiger partial charge >= 0.3 is 5.97 Å². The van der Waals surface area contributed by atoms with E-state index in [1.54, 1.807) is 0 Å². The normalized spacial score (nSPS) is 19.2. The maximum Gasteiger partial charge on any atom is 0.307 e. The standard InChI is InChI=1S/C16H24N2O4/c1-2-3-7-18-11-15(20)14(19)8-13(18)10-17-6-4-5-12(9-17)16(21)22/h8,11-12,20H,2-7,9-10H2,1H3,(H,21,22). The van der Waals surface area contributed by atoms with Crippen LogP contribution in [0.2, 0.25) is 0 Å². The molecule has 6 nitrogen and oxygen atoms in total. The molecular weight excluding hydrogens is 284 g/mol. The van der Waals surface area contributed by atoms with E-state index in [2.05, 4.69) is 11.8 Å². The Hall–Kier alpha value is -1.82. The van der Waals surface area contributed by atoms with Crippen LogP contribution < -0.4 is 5.43 Å². The van der Waals surface area contributed by atoms with E-state index in [-0.39, 0.29) is 17.1 Å². The highest BCUT2D eigenvalue weighted by molar-refractivity contribution is 5.70. The number of carboxylic acids is 1. The third-order valence-corrected chi connectivity index (χ3v) is 4.19. The number of pyridine rings is 1. The molecule has 0 aromatic carbocycles. The molecule has 0 radical (unpaired) electrons. The average molecular weight is 308 g/mol. The summed E-state index contributed by atoms with van der Waals surface area (Å²) < 4.78 is 1.91. The summed E-state index contributed by atoms with van der Waals surface area (Å²) in [6.07, 6.45) is 5.05. The second-order valence-electron chi connectivity index (χ2n) is 5.97. The van der Waals surface area contributed by atoms with Crippen LogP contribution in [0.3, 0.4) is 0 Å². The molecule has 1 fully saturated rings. The van der Waals surface area contributed by atoms with Gasteiger partial charge in [-0.25, -0.2) is 0 Å². The fourth-order valence-electron chi connectivity index (χ4n) is 2.91. The van der Waals surface area contributed by atoms with Crippen LogP contribution in [0.5, 0.6) is 5.75 Å². The molecule has 122 valence electrons. The van der Waals surface area contributed by atoms with Gasteiger partial charge in [0.25, 0.3) is 0 Å². The number of aryl methyl sites for hydroxylation is 1. The van der Waals surface area contributed by atoms with Crippen molar-refractivity contribution in [2.24, 2.45) is 5.92 Å². The summed E-state index contributed by atoms with van der Waals surface area (Å²) in [5.74, 6) is -1.32. The molecule has 0 amide bonds. The Labute approximate surface area is 130 Å². The maximum atomic E-state index is 11.7. The maximum absolute atomic E-state index is 11.7. The Morgan fingerprint density at radius 1 is 1.45 bits per heavy atom.